The minimum Gasteiger partial charge on any atom is -0.494 e. The number of sulfonamides is 1. The molecule has 0 radical (unpaired) electrons. The minimum absolute atomic E-state index is 0.0209. The number of ether oxygens (including phenoxy) is 1. The summed E-state index contributed by atoms with van der Waals surface area (Å²) in [4.78, 5) is 13.1. The molecule has 6 nitrogen and oxygen atoms in total. The first-order chi connectivity index (χ1) is 15.3. The molecule has 0 bridgehead atoms. The Hall–Kier alpha value is -2.58. The molecule has 1 atom stereocenters. The molecular weight excluding hydrogens is 471 g/mol. The molecule has 0 aromatic heterocycles. The average Bonchev–Trinajstić information content (AvgIpc) is 2.77. The molecule has 0 spiro atoms. The molecule has 32 heavy (non-hydrogen) atoms. The smallest absolute Gasteiger partial charge is 0.242 e. The first-order valence-electron chi connectivity index (χ1n) is 9.84. The molecule has 0 heterocycles. The quantitative estimate of drug-likeness (QED) is 0.443. The SMILES string of the molecule is CCOc1ccc(S(=O)(=O)NC(Cc2ccccc2)C(=O)Nc2cccc(Cl)c2Cl)cc1. The standard InChI is InChI=1S/C23H22Cl2N2O4S/c1-2-31-17-11-13-18(14-12-17)32(29,30)27-21(15-16-7-4-3-5-8-16)23(28)26-20-10-6-9-19(24)22(20)25/h3-14,21,27H,2,15H2,1H3,(H,26,28). The van der Waals surface area contributed by atoms with Gasteiger partial charge in [-0.15, -0.1) is 0 Å². The van der Waals surface area contributed by atoms with E-state index in [0.29, 0.717) is 18.0 Å². The number of anilines is 1. The maximum absolute atomic E-state index is 13.1. The van der Waals surface area contributed by atoms with Gasteiger partial charge in [-0.05, 0) is 55.3 Å². The van der Waals surface area contributed by atoms with E-state index in [4.69, 9.17) is 27.9 Å². The molecule has 1 unspecified atom stereocenters. The van der Waals surface area contributed by atoms with Gasteiger partial charge in [0, 0.05) is 0 Å². The lowest BCUT2D eigenvalue weighted by molar-refractivity contribution is -0.117. The van der Waals surface area contributed by atoms with Crippen LogP contribution in [-0.2, 0) is 21.2 Å². The van der Waals surface area contributed by atoms with E-state index in [2.05, 4.69) is 10.0 Å². The lowest BCUT2D eigenvalue weighted by atomic mass is 10.1. The summed E-state index contributed by atoms with van der Waals surface area (Å²) in [7, 11) is -3.99. The first kappa shape index (κ1) is 24.1. The zero-order chi connectivity index (χ0) is 23.1. The van der Waals surface area contributed by atoms with Gasteiger partial charge in [-0.25, -0.2) is 8.42 Å². The first-order valence-corrected chi connectivity index (χ1v) is 12.1. The molecule has 0 saturated carbocycles. The van der Waals surface area contributed by atoms with Crippen LogP contribution in [0.1, 0.15) is 12.5 Å². The highest BCUT2D eigenvalue weighted by Gasteiger charge is 2.27. The average molecular weight is 493 g/mol. The van der Waals surface area contributed by atoms with Gasteiger partial charge in [0.2, 0.25) is 15.9 Å². The fourth-order valence-electron chi connectivity index (χ4n) is 2.99. The Morgan fingerprint density at radius 1 is 0.969 bits per heavy atom. The zero-order valence-electron chi connectivity index (χ0n) is 17.2. The second kappa shape index (κ2) is 10.8. The van der Waals surface area contributed by atoms with E-state index < -0.39 is 22.0 Å². The summed E-state index contributed by atoms with van der Waals surface area (Å²) in [5.74, 6) is -0.00634. The predicted octanol–water partition coefficient (Wildman–Crippen LogP) is 4.92. The van der Waals surface area contributed by atoms with Crippen molar-refractivity contribution in [1.29, 1.82) is 0 Å². The second-order valence-corrected chi connectivity index (χ2v) is 9.36. The Labute approximate surface area is 197 Å². The highest BCUT2D eigenvalue weighted by Crippen LogP contribution is 2.29. The summed E-state index contributed by atoms with van der Waals surface area (Å²) < 4.78 is 33.9. The summed E-state index contributed by atoms with van der Waals surface area (Å²) in [5, 5.41) is 3.12. The minimum atomic E-state index is -3.99. The van der Waals surface area contributed by atoms with Crippen LogP contribution in [0.4, 0.5) is 5.69 Å². The largest absolute Gasteiger partial charge is 0.494 e. The third kappa shape index (κ3) is 6.23. The maximum atomic E-state index is 13.1. The molecule has 2 N–H and O–H groups in total. The molecule has 9 heteroatoms. The van der Waals surface area contributed by atoms with Gasteiger partial charge in [-0.2, -0.15) is 4.72 Å². The predicted molar refractivity (Wildman–Crippen MR) is 127 cm³/mol. The van der Waals surface area contributed by atoms with Crippen molar-refractivity contribution in [1.82, 2.24) is 4.72 Å². The van der Waals surface area contributed by atoms with Crippen LogP contribution < -0.4 is 14.8 Å². The Bertz CT molecular complexity index is 1170. The molecule has 3 rings (SSSR count). The van der Waals surface area contributed by atoms with E-state index >= 15 is 0 Å². The molecule has 0 aliphatic heterocycles. The summed E-state index contributed by atoms with van der Waals surface area (Å²) in [5.41, 5.74) is 1.08. The number of amides is 1. The highest BCUT2D eigenvalue weighted by atomic mass is 35.5. The summed E-state index contributed by atoms with van der Waals surface area (Å²) >= 11 is 12.2. The van der Waals surface area contributed by atoms with Crippen LogP contribution in [0.5, 0.6) is 5.75 Å². The van der Waals surface area contributed by atoms with Crippen molar-refractivity contribution in [2.75, 3.05) is 11.9 Å². The van der Waals surface area contributed by atoms with E-state index in [0.717, 1.165) is 5.56 Å². The van der Waals surface area contributed by atoms with E-state index in [-0.39, 0.29) is 21.4 Å². The van der Waals surface area contributed by atoms with Crippen LogP contribution in [0.25, 0.3) is 0 Å². The van der Waals surface area contributed by atoms with Crippen molar-refractivity contribution in [3.8, 4) is 5.75 Å². The highest BCUT2D eigenvalue weighted by molar-refractivity contribution is 7.89. The van der Waals surface area contributed by atoms with Crippen LogP contribution in [-0.4, -0.2) is 27.0 Å². The van der Waals surface area contributed by atoms with Gasteiger partial charge < -0.3 is 10.1 Å². The summed E-state index contributed by atoms with van der Waals surface area (Å²) in [6.45, 7) is 2.31. The second-order valence-electron chi connectivity index (χ2n) is 6.86. The van der Waals surface area contributed by atoms with Crippen molar-refractivity contribution in [2.45, 2.75) is 24.3 Å². The lowest BCUT2D eigenvalue weighted by Gasteiger charge is -2.19. The number of hydrogen-bond donors (Lipinski definition) is 2. The molecule has 0 aliphatic carbocycles. The van der Waals surface area contributed by atoms with E-state index in [1.807, 2.05) is 37.3 Å². The number of hydrogen-bond acceptors (Lipinski definition) is 4. The van der Waals surface area contributed by atoms with E-state index in [1.165, 1.54) is 12.1 Å². The maximum Gasteiger partial charge on any atom is 0.242 e. The van der Waals surface area contributed by atoms with Crippen molar-refractivity contribution in [3.05, 3.63) is 88.4 Å². The van der Waals surface area contributed by atoms with Crippen LogP contribution in [0.15, 0.2) is 77.7 Å². The van der Waals surface area contributed by atoms with Gasteiger partial charge in [-0.1, -0.05) is 59.6 Å². The third-order valence-electron chi connectivity index (χ3n) is 4.55. The van der Waals surface area contributed by atoms with Crippen molar-refractivity contribution >= 4 is 44.8 Å². The zero-order valence-corrected chi connectivity index (χ0v) is 19.5. The van der Waals surface area contributed by atoms with Crippen molar-refractivity contribution in [2.24, 2.45) is 0 Å². The molecule has 0 fully saturated rings. The van der Waals surface area contributed by atoms with Crippen molar-refractivity contribution < 1.29 is 17.9 Å². The normalized spacial score (nSPS) is 12.2. The van der Waals surface area contributed by atoms with Gasteiger partial charge in [0.1, 0.15) is 11.8 Å². The number of nitrogens with one attached hydrogen (secondary N) is 2. The lowest BCUT2D eigenvalue weighted by Crippen LogP contribution is -2.45. The van der Waals surface area contributed by atoms with Crippen LogP contribution in [0.2, 0.25) is 10.0 Å². The molecule has 3 aromatic rings. The topological polar surface area (TPSA) is 84.5 Å². The molecule has 1 amide bonds. The molecular formula is C23H22Cl2N2O4S. The van der Waals surface area contributed by atoms with Gasteiger partial charge in [0.05, 0.1) is 27.2 Å². The molecule has 168 valence electrons. The molecule has 0 saturated heterocycles. The number of carbonyl (C=O) groups excluding carboxylic acids is 1. The van der Waals surface area contributed by atoms with Crippen LogP contribution in [0.3, 0.4) is 0 Å². The Morgan fingerprint density at radius 2 is 1.66 bits per heavy atom. The summed E-state index contributed by atoms with van der Waals surface area (Å²) in [6, 6.07) is 18.8. The van der Waals surface area contributed by atoms with Gasteiger partial charge in [0.15, 0.2) is 0 Å². The fraction of sp³-hybridized carbons (Fsp3) is 0.174. The monoisotopic (exact) mass is 492 g/mol. The molecule has 0 aliphatic rings. The van der Waals surface area contributed by atoms with Gasteiger partial charge in [0.25, 0.3) is 0 Å². The Morgan fingerprint density at radius 3 is 2.31 bits per heavy atom. The van der Waals surface area contributed by atoms with Crippen molar-refractivity contribution in [3.63, 3.8) is 0 Å². The van der Waals surface area contributed by atoms with Crippen LogP contribution in [0, 0.1) is 0 Å². The van der Waals surface area contributed by atoms with E-state index in [9.17, 15) is 13.2 Å². The van der Waals surface area contributed by atoms with Gasteiger partial charge >= 0.3 is 0 Å². The van der Waals surface area contributed by atoms with E-state index in [1.54, 1.807) is 30.3 Å². The number of benzene rings is 3. The number of carbonyl (C=O) groups is 1. The van der Waals surface area contributed by atoms with Crippen LogP contribution >= 0.6 is 23.2 Å². The number of rotatable bonds is 9. The fourth-order valence-corrected chi connectivity index (χ4v) is 4.54. The molecule has 3 aromatic carbocycles. The Balaban J connectivity index is 1.86. The Kier molecular flexibility index (Phi) is 8.15. The van der Waals surface area contributed by atoms with Gasteiger partial charge in [-0.3, -0.25) is 4.79 Å². The summed E-state index contributed by atoms with van der Waals surface area (Å²) in [6.07, 6.45) is 0.140. The number of halogens is 2. The third-order valence-corrected chi connectivity index (χ3v) is 6.86.